The Morgan fingerprint density at radius 3 is 1.75 bits per heavy atom. The van der Waals surface area contributed by atoms with Gasteiger partial charge in [0, 0.05) is 9.47 Å². The number of phosphoric acid groups is 1. The molecule has 0 radical (unpaired) electrons. The molecule has 8 heteroatoms. The van der Waals surface area contributed by atoms with E-state index in [1.54, 1.807) is 0 Å². The molecule has 8 heavy (non-hydrogen) atoms. The molecule has 2 N–H and O–H groups in total. The average molecular weight is 198 g/mol. The van der Waals surface area contributed by atoms with Crippen molar-refractivity contribution in [3.8, 4) is 0 Å². The Kier molecular flexibility index (Phi) is 16.2. The first-order chi connectivity index (χ1) is 2.56. The van der Waals surface area contributed by atoms with Gasteiger partial charge >= 0.3 is 68.6 Å². The van der Waals surface area contributed by atoms with E-state index < -0.39 is 7.82 Å². The molecule has 0 aliphatic heterocycles. The predicted octanol–water partition coefficient (Wildman–Crippen LogP) is -0.426. The number of rotatable bonds is 1. The third-order valence-corrected chi connectivity index (χ3v) is 1.24. The van der Waals surface area contributed by atoms with Gasteiger partial charge in [0.05, 0.1) is 0 Å². The maximum Gasteiger partial charge on any atom is 2.00 e. The molecule has 0 saturated carbocycles. The molecule has 0 aliphatic rings. The number of hydrogen-bond acceptors (Lipinski definition) is 2. The molecule has 0 heterocycles. The molecule has 0 rings (SSSR count). The van der Waals surface area contributed by atoms with Crippen LogP contribution in [0.3, 0.4) is 0 Å². The average Bonchev–Trinajstić information content (AvgIpc) is 1.35. The molecule has 46 valence electrons. The van der Waals surface area contributed by atoms with E-state index in [0.717, 1.165) is 0 Å². The first kappa shape index (κ1) is 16.9. The molecule has 0 aromatic heterocycles. The molecule has 0 saturated heterocycles. The predicted molar refractivity (Wildman–Crippen MR) is 38.8 cm³/mol. The Labute approximate surface area is 101 Å². The quantitative estimate of drug-likeness (QED) is 0.443. The molecule has 0 spiro atoms. The van der Waals surface area contributed by atoms with Crippen LogP contribution in [0.1, 0.15) is 5.71 Å². The van der Waals surface area contributed by atoms with Crippen LogP contribution < -0.4 is 0 Å². The second-order valence-corrected chi connectivity index (χ2v) is 2.42. The summed E-state index contributed by atoms with van der Waals surface area (Å²) < 4.78 is 13.0. The summed E-state index contributed by atoms with van der Waals surface area (Å²) in [6.45, 7) is 0. The minimum Gasteiger partial charge on any atom is -1.00 e. The number of hydrogen-bond donors (Lipinski definition) is 2. The van der Waals surface area contributed by atoms with Gasteiger partial charge in [-0.2, -0.15) is 0 Å². The second kappa shape index (κ2) is 7.67. The molecular formula is H8CaMgO4P2. The van der Waals surface area contributed by atoms with E-state index in [2.05, 4.69) is 4.31 Å². The molecule has 1 unspecified atom stereocenters. The molecule has 1 atom stereocenters. The summed E-state index contributed by atoms with van der Waals surface area (Å²) in [6.07, 6.45) is 0. The van der Waals surface area contributed by atoms with Crippen LogP contribution in [0.5, 0.6) is 0 Å². The Morgan fingerprint density at radius 2 is 1.75 bits per heavy atom. The largest absolute Gasteiger partial charge is 2.00 e. The van der Waals surface area contributed by atoms with Crippen LogP contribution in [0.25, 0.3) is 0 Å². The van der Waals surface area contributed by atoms with E-state index in [1.807, 2.05) is 0 Å². The first-order valence-electron chi connectivity index (χ1n) is 1.00. The van der Waals surface area contributed by atoms with Gasteiger partial charge < -0.3 is 15.5 Å². The zero-order chi connectivity index (χ0) is 5.21. The Balaban J connectivity index is -0.00000000833. The van der Waals surface area contributed by atoms with Crippen LogP contribution in [0.4, 0.5) is 0 Å². The van der Waals surface area contributed by atoms with Gasteiger partial charge in [-0.05, 0) is 0 Å². The minimum atomic E-state index is -4.18. The monoisotopic (exact) mass is 198 g/mol. The van der Waals surface area contributed by atoms with Crippen LogP contribution in [-0.4, -0.2) is 70.6 Å². The van der Waals surface area contributed by atoms with Crippen molar-refractivity contribution in [2.45, 2.75) is 0 Å². The van der Waals surface area contributed by atoms with Gasteiger partial charge in [0.15, 0.2) is 0 Å². The van der Waals surface area contributed by atoms with Crippen molar-refractivity contribution in [2.75, 3.05) is 0 Å². The van der Waals surface area contributed by atoms with Crippen LogP contribution >= 0.6 is 17.3 Å². The van der Waals surface area contributed by atoms with Crippen molar-refractivity contribution in [1.29, 1.82) is 0 Å². The van der Waals surface area contributed by atoms with Crippen molar-refractivity contribution >= 4 is 78.1 Å². The molecule has 4 nitrogen and oxygen atoms in total. The molecule has 0 aliphatic carbocycles. The zero-order valence-corrected chi connectivity index (χ0v) is 9.82. The van der Waals surface area contributed by atoms with E-state index in [4.69, 9.17) is 9.79 Å². The summed E-state index contributed by atoms with van der Waals surface area (Å²) in [4.78, 5) is 15.4. The Hall–Kier alpha value is 2.57. The van der Waals surface area contributed by atoms with E-state index in [-0.39, 0.29) is 66.5 Å². The summed E-state index contributed by atoms with van der Waals surface area (Å²) in [5.41, 5.74) is 0. The van der Waals surface area contributed by atoms with Crippen LogP contribution in [0.15, 0.2) is 0 Å². The third kappa shape index (κ3) is 15.8. The molecule has 0 amide bonds. The fourth-order valence-electron chi connectivity index (χ4n) is 0. The molecule has 0 fully saturated rings. The van der Waals surface area contributed by atoms with Gasteiger partial charge in [-0.15, -0.1) is 0 Å². The Morgan fingerprint density at radius 1 is 1.62 bits per heavy atom. The van der Waals surface area contributed by atoms with Gasteiger partial charge in [0.2, 0.25) is 0 Å². The van der Waals surface area contributed by atoms with Crippen LogP contribution in [0, 0.1) is 0 Å². The maximum atomic E-state index is 9.45. The molecule has 0 aromatic carbocycles. The van der Waals surface area contributed by atoms with E-state index in [0.29, 0.717) is 0 Å². The fourth-order valence-corrected chi connectivity index (χ4v) is 0. The van der Waals surface area contributed by atoms with Crippen molar-refractivity contribution in [2.24, 2.45) is 0 Å². The fraction of sp³-hybridized carbons (Fsp3) is 0. The summed E-state index contributed by atoms with van der Waals surface area (Å²) in [5, 5.41) is 0. The summed E-state index contributed by atoms with van der Waals surface area (Å²) >= 11 is 0. The first-order valence-corrected chi connectivity index (χ1v) is 3.00. The summed E-state index contributed by atoms with van der Waals surface area (Å²) in [5.74, 6) is 0. The van der Waals surface area contributed by atoms with Gasteiger partial charge in [0.25, 0.3) is 0 Å². The van der Waals surface area contributed by atoms with Crippen molar-refractivity contribution in [3.63, 3.8) is 0 Å². The van der Waals surface area contributed by atoms with E-state index >= 15 is 0 Å². The normalized spacial score (nSPS) is 8.88. The smallest absolute Gasteiger partial charge is 1.00 e. The third-order valence-electron chi connectivity index (χ3n) is 0.137. The SMILES string of the molecule is O=P(O)(O)OP.[Ca+2].[H-].[H-].[H-].[H-].[Mg+2]. The summed E-state index contributed by atoms with van der Waals surface area (Å²) in [7, 11) is -2.72. The molecule has 0 aromatic rings. The standard InChI is InChI=1S/Ca.Mg.H4O4P2.4H/c;;1-6(2,3)4-5;;;;/h;;5H2,(H2,1,2,3);;;;/q2*+2;;4*-1. The zero-order valence-electron chi connectivity index (χ0n) is 8.15. The van der Waals surface area contributed by atoms with Crippen molar-refractivity contribution in [3.05, 3.63) is 0 Å². The van der Waals surface area contributed by atoms with Crippen molar-refractivity contribution in [1.82, 2.24) is 0 Å². The minimum absolute atomic E-state index is 0. The van der Waals surface area contributed by atoms with E-state index in [1.165, 1.54) is 9.47 Å². The molecular weight excluding hydrogens is 190 g/mol. The van der Waals surface area contributed by atoms with Crippen LogP contribution in [-0.2, 0) is 8.88 Å². The van der Waals surface area contributed by atoms with Gasteiger partial charge in [0.1, 0.15) is 0 Å². The topological polar surface area (TPSA) is 66.8 Å². The van der Waals surface area contributed by atoms with Crippen LogP contribution in [0.2, 0.25) is 0 Å². The van der Waals surface area contributed by atoms with Gasteiger partial charge in [-0.1, -0.05) is 0 Å². The van der Waals surface area contributed by atoms with E-state index in [9.17, 15) is 4.57 Å². The van der Waals surface area contributed by atoms with Gasteiger partial charge in [-0.3, -0.25) is 4.31 Å². The second-order valence-electron chi connectivity index (χ2n) is 0.596. The Bertz CT molecular complexity index is 89.1. The maximum absolute atomic E-state index is 9.45. The summed E-state index contributed by atoms with van der Waals surface area (Å²) in [6, 6.07) is 0. The van der Waals surface area contributed by atoms with Crippen molar-refractivity contribution < 1.29 is 24.4 Å². The molecule has 0 bridgehead atoms. The van der Waals surface area contributed by atoms with Gasteiger partial charge in [-0.25, -0.2) is 4.57 Å².